The van der Waals surface area contributed by atoms with Gasteiger partial charge < -0.3 is 10.6 Å². The number of Topliss-reactive ketones (excluding diaryl/α,β-unsaturated/α-hetero) is 1. The normalized spacial score (nSPS) is 17.4. The molecular formula is C16H22Cl2N2O2. The molecule has 0 spiro atoms. The smallest absolute Gasteiger partial charge is 0.220 e. The van der Waals surface area contributed by atoms with Crippen LogP contribution in [0.4, 0.5) is 0 Å². The first kappa shape index (κ1) is 18.9. The first-order valence-electron chi connectivity index (χ1n) is 7.41. The number of nitrogens with one attached hydrogen (secondary N) is 2. The molecule has 0 saturated carbocycles. The zero-order valence-corrected chi connectivity index (χ0v) is 14.0. The van der Waals surface area contributed by atoms with Crippen LogP contribution in [0.15, 0.2) is 24.3 Å². The number of ketones is 1. The van der Waals surface area contributed by atoms with Gasteiger partial charge in [-0.05, 0) is 56.1 Å². The molecule has 1 aliphatic heterocycles. The fourth-order valence-corrected chi connectivity index (χ4v) is 2.58. The van der Waals surface area contributed by atoms with Crippen molar-refractivity contribution in [3.05, 3.63) is 34.9 Å². The molecule has 1 aromatic carbocycles. The Morgan fingerprint density at radius 3 is 2.59 bits per heavy atom. The van der Waals surface area contributed by atoms with Gasteiger partial charge in [0.25, 0.3) is 0 Å². The van der Waals surface area contributed by atoms with Gasteiger partial charge in [0.1, 0.15) is 0 Å². The Bertz CT molecular complexity index is 485. The molecule has 6 heteroatoms. The van der Waals surface area contributed by atoms with Crippen molar-refractivity contribution in [2.24, 2.45) is 5.92 Å². The number of hydrogen-bond acceptors (Lipinski definition) is 3. The summed E-state index contributed by atoms with van der Waals surface area (Å²) in [5.74, 6) is 0.429. The fraction of sp³-hybridized carbons (Fsp3) is 0.500. The van der Waals surface area contributed by atoms with E-state index in [1.54, 1.807) is 24.3 Å². The van der Waals surface area contributed by atoms with E-state index in [1.807, 2.05) is 0 Å². The molecule has 1 atom stereocenters. The first-order valence-corrected chi connectivity index (χ1v) is 7.79. The average Bonchev–Trinajstić information content (AvgIpc) is 2.52. The molecule has 122 valence electrons. The number of amides is 1. The summed E-state index contributed by atoms with van der Waals surface area (Å²) in [7, 11) is 0. The minimum Gasteiger partial charge on any atom is -0.356 e. The number of carbonyl (C=O) groups is 2. The van der Waals surface area contributed by atoms with E-state index >= 15 is 0 Å². The van der Waals surface area contributed by atoms with Crippen molar-refractivity contribution in [1.82, 2.24) is 10.6 Å². The van der Waals surface area contributed by atoms with Gasteiger partial charge in [0.05, 0.1) is 0 Å². The second-order valence-corrected chi connectivity index (χ2v) is 5.88. The minimum absolute atomic E-state index is 0. The summed E-state index contributed by atoms with van der Waals surface area (Å²) in [5, 5.41) is 6.84. The van der Waals surface area contributed by atoms with Crippen LogP contribution in [0.5, 0.6) is 0 Å². The second-order valence-electron chi connectivity index (χ2n) is 5.45. The Labute approximate surface area is 142 Å². The van der Waals surface area contributed by atoms with Crippen LogP contribution in [-0.4, -0.2) is 31.3 Å². The Kier molecular flexibility index (Phi) is 8.46. The lowest BCUT2D eigenvalue weighted by molar-refractivity contribution is -0.121. The minimum atomic E-state index is -0.0529. The summed E-state index contributed by atoms with van der Waals surface area (Å²) in [6.45, 7) is 2.73. The van der Waals surface area contributed by atoms with Crippen molar-refractivity contribution in [2.75, 3.05) is 19.6 Å². The molecule has 1 saturated heterocycles. The predicted octanol–water partition coefficient (Wildman–Crippen LogP) is 2.84. The maximum atomic E-state index is 11.9. The third kappa shape index (κ3) is 6.34. The van der Waals surface area contributed by atoms with Gasteiger partial charge in [0, 0.05) is 30.0 Å². The summed E-state index contributed by atoms with van der Waals surface area (Å²) in [6.07, 6.45) is 2.78. The van der Waals surface area contributed by atoms with Crippen LogP contribution in [0.3, 0.4) is 0 Å². The van der Waals surface area contributed by atoms with Crippen LogP contribution in [0.1, 0.15) is 36.0 Å². The van der Waals surface area contributed by atoms with Gasteiger partial charge in [-0.15, -0.1) is 12.4 Å². The molecule has 0 bridgehead atoms. The molecule has 1 heterocycles. The Balaban J connectivity index is 0.00000242. The highest BCUT2D eigenvalue weighted by Gasteiger charge is 2.14. The van der Waals surface area contributed by atoms with Crippen LogP contribution in [-0.2, 0) is 4.79 Å². The molecule has 1 aromatic rings. The fourth-order valence-electron chi connectivity index (χ4n) is 2.45. The van der Waals surface area contributed by atoms with Crippen molar-refractivity contribution in [2.45, 2.75) is 25.7 Å². The Hall–Kier alpha value is -1.10. The number of piperidine rings is 1. The maximum Gasteiger partial charge on any atom is 0.220 e. The lowest BCUT2D eigenvalue weighted by Crippen LogP contribution is -2.38. The predicted molar refractivity (Wildman–Crippen MR) is 90.9 cm³/mol. The van der Waals surface area contributed by atoms with Crippen molar-refractivity contribution in [3.63, 3.8) is 0 Å². The van der Waals surface area contributed by atoms with E-state index in [0.29, 0.717) is 23.0 Å². The molecule has 1 aliphatic rings. The molecule has 1 fully saturated rings. The van der Waals surface area contributed by atoms with E-state index in [1.165, 1.54) is 0 Å². The molecule has 0 aromatic heterocycles. The van der Waals surface area contributed by atoms with Crippen LogP contribution in [0.25, 0.3) is 0 Å². The lowest BCUT2D eigenvalue weighted by atomic mass is 9.99. The second kappa shape index (κ2) is 9.82. The van der Waals surface area contributed by atoms with Crippen LogP contribution < -0.4 is 10.6 Å². The van der Waals surface area contributed by atoms with Gasteiger partial charge in [-0.2, -0.15) is 0 Å². The van der Waals surface area contributed by atoms with Crippen molar-refractivity contribution >= 4 is 35.7 Å². The quantitative estimate of drug-likeness (QED) is 0.780. The van der Waals surface area contributed by atoms with E-state index in [4.69, 9.17) is 11.6 Å². The van der Waals surface area contributed by atoms with E-state index in [-0.39, 0.29) is 36.9 Å². The van der Waals surface area contributed by atoms with Crippen molar-refractivity contribution in [1.29, 1.82) is 0 Å². The number of halogens is 2. The number of rotatable bonds is 6. The summed E-state index contributed by atoms with van der Waals surface area (Å²) in [5.41, 5.74) is 0.601. The monoisotopic (exact) mass is 344 g/mol. The Morgan fingerprint density at radius 2 is 1.95 bits per heavy atom. The average molecular weight is 345 g/mol. The molecule has 2 rings (SSSR count). The molecular weight excluding hydrogens is 323 g/mol. The first-order chi connectivity index (χ1) is 10.1. The third-order valence-electron chi connectivity index (χ3n) is 3.73. The zero-order chi connectivity index (χ0) is 15.1. The number of benzene rings is 1. The van der Waals surface area contributed by atoms with E-state index in [2.05, 4.69) is 10.6 Å². The van der Waals surface area contributed by atoms with E-state index in [0.717, 1.165) is 25.9 Å². The number of carbonyl (C=O) groups excluding carboxylic acids is 2. The third-order valence-corrected chi connectivity index (χ3v) is 3.98. The van der Waals surface area contributed by atoms with Gasteiger partial charge in [0.15, 0.2) is 5.78 Å². The van der Waals surface area contributed by atoms with Gasteiger partial charge in [-0.25, -0.2) is 0 Å². The van der Waals surface area contributed by atoms with Crippen molar-refractivity contribution < 1.29 is 9.59 Å². The Morgan fingerprint density at radius 1 is 1.23 bits per heavy atom. The molecule has 4 nitrogen and oxygen atoms in total. The highest BCUT2D eigenvalue weighted by atomic mass is 35.5. The summed E-state index contributed by atoms with van der Waals surface area (Å²) in [6, 6.07) is 6.75. The molecule has 22 heavy (non-hydrogen) atoms. The lowest BCUT2D eigenvalue weighted by Gasteiger charge is -2.22. The van der Waals surface area contributed by atoms with Crippen LogP contribution >= 0.6 is 24.0 Å². The highest BCUT2D eigenvalue weighted by Crippen LogP contribution is 2.12. The van der Waals surface area contributed by atoms with E-state index in [9.17, 15) is 9.59 Å². The molecule has 0 aliphatic carbocycles. The zero-order valence-electron chi connectivity index (χ0n) is 12.4. The highest BCUT2D eigenvalue weighted by molar-refractivity contribution is 6.30. The van der Waals surface area contributed by atoms with Gasteiger partial charge >= 0.3 is 0 Å². The largest absolute Gasteiger partial charge is 0.356 e. The molecule has 0 radical (unpaired) electrons. The topological polar surface area (TPSA) is 58.2 Å². The summed E-state index contributed by atoms with van der Waals surface area (Å²) < 4.78 is 0. The standard InChI is InChI=1S/C16H21ClN2O2.ClH/c17-14-5-3-13(4-6-14)15(20)7-8-16(21)19-11-12-2-1-9-18-10-12;/h3-6,12,18H,1-2,7-11H2,(H,19,21);1H. The molecule has 1 unspecified atom stereocenters. The molecule has 1 amide bonds. The summed E-state index contributed by atoms with van der Waals surface area (Å²) >= 11 is 5.78. The van der Waals surface area contributed by atoms with E-state index < -0.39 is 0 Å². The van der Waals surface area contributed by atoms with Gasteiger partial charge in [-0.1, -0.05) is 11.6 Å². The van der Waals surface area contributed by atoms with Gasteiger partial charge in [0.2, 0.25) is 5.91 Å². The van der Waals surface area contributed by atoms with Gasteiger partial charge in [-0.3, -0.25) is 9.59 Å². The SMILES string of the molecule is Cl.O=C(CCC(=O)c1ccc(Cl)cc1)NCC1CCCNC1. The van der Waals surface area contributed by atoms with Crippen LogP contribution in [0.2, 0.25) is 5.02 Å². The number of hydrogen-bond donors (Lipinski definition) is 2. The van der Waals surface area contributed by atoms with Crippen molar-refractivity contribution in [3.8, 4) is 0 Å². The summed E-state index contributed by atoms with van der Waals surface area (Å²) in [4.78, 5) is 23.7. The maximum absolute atomic E-state index is 11.9. The van der Waals surface area contributed by atoms with Crippen LogP contribution in [0, 0.1) is 5.92 Å². The molecule has 2 N–H and O–H groups in total.